The lowest BCUT2D eigenvalue weighted by Crippen LogP contribution is -2.13. The number of hydrogen-bond donors (Lipinski definition) is 2. The zero-order valence-corrected chi connectivity index (χ0v) is 13.5. The van der Waals surface area contributed by atoms with Gasteiger partial charge in [0.2, 0.25) is 0 Å². The topological polar surface area (TPSA) is 58.9 Å². The highest BCUT2D eigenvalue weighted by Crippen LogP contribution is 2.19. The summed E-state index contributed by atoms with van der Waals surface area (Å²) in [4.78, 5) is 8.36. The fourth-order valence-electron chi connectivity index (χ4n) is 2.49. The van der Waals surface area contributed by atoms with Crippen LogP contribution < -0.4 is 0 Å². The van der Waals surface area contributed by atoms with Gasteiger partial charge in [-0.25, -0.2) is 9.78 Å². The number of hydrogen-bond acceptors (Lipinski definition) is 4. The first kappa shape index (κ1) is 19.8. The summed E-state index contributed by atoms with van der Waals surface area (Å²) in [7, 11) is 0. The fraction of sp³-hybridized carbons (Fsp3) is 1.00. The van der Waals surface area contributed by atoms with Crippen LogP contribution >= 0.6 is 0 Å². The van der Waals surface area contributed by atoms with Gasteiger partial charge in [-0.05, 0) is 18.3 Å². The monoisotopic (exact) mass is 290 g/mol. The average molecular weight is 290 g/mol. The lowest BCUT2D eigenvalue weighted by atomic mass is 9.94. The summed E-state index contributed by atoms with van der Waals surface area (Å²) in [6.45, 7) is 7.12. The minimum atomic E-state index is -0.217. The Kier molecular flexibility index (Phi) is 13.7. The first-order valence-electron chi connectivity index (χ1n) is 8.16. The molecule has 0 bridgehead atoms. The number of unbranched alkanes of at least 4 members (excludes halogenated alkanes) is 2. The van der Waals surface area contributed by atoms with Crippen LogP contribution in [0.2, 0.25) is 0 Å². The van der Waals surface area contributed by atoms with E-state index in [2.05, 4.69) is 30.5 Å². The second-order valence-corrected chi connectivity index (χ2v) is 6.42. The second-order valence-electron chi connectivity index (χ2n) is 6.42. The lowest BCUT2D eigenvalue weighted by molar-refractivity contribution is -0.295. The van der Waals surface area contributed by atoms with Crippen LogP contribution in [0.3, 0.4) is 0 Å². The molecule has 0 saturated heterocycles. The third-order valence-electron chi connectivity index (χ3n) is 3.88. The van der Waals surface area contributed by atoms with Crippen LogP contribution in [0.4, 0.5) is 0 Å². The van der Waals surface area contributed by atoms with Crippen molar-refractivity contribution < 1.29 is 20.3 Å². The van der Waals surface area contributed by atoms with E-state index in [0.29, 0.717) is 6.42 Å². The highest BCUT2D eigenvalue weighted by molar-refractivity contribution is 4.59. The lowest BCUT2D eigenvalue weighted by Gasteiger charge is -2.14. The molecule has 4 heteroatoms. The smallest absolute Gasteiger partial charge is 0.0950 e. The Hall–Kier alpha value is -0.160. The summed E-state index contributed by atoms with van der Waals surface area (Å²) in [5.74, 6) is 1.64. The van der Waals surface area contributed by atoms with Crippen molar-refractivity contribution in [2.24, 2.45) is 11.8 Å². The molecule has 122 valence electrons. The molecule has 0 saturated carbocycles. The Balaban J connectivity index is 3.41. The molecular formula is C16H34O4. The molecule has 0 amide bonds. The largest absolute Gasteiger partial charge is 0.252 e. The predicted molar refractivity (Wildman–Crippen MR) is 81.6 cm³/mol. The van der Waals surface area contributed by atoms with Crippen molar-refractivity contribution in [2.75, 3.05) is 6.61 Å². The second kappa shape index (κ2) is 13.8. The zero-order chi connectivity index (χ0) is 15.2. The maximum Gasteiger partial charge on any atom is 0.0950 e. The molecule has 2 atom stereocenters. The van der Waals surface area contributed by atoms with Gasteiger partial charge in [0, 0.05) is 6.42 Å². The molecule has 0 radical (unpaired) electrons. The third-order valence-corrected chi connectivity index (χ3v) is 3.88. The van der Waals surface area contributed by atoms with Gasteiger partial charge in [0.15, 0.2) is 0 Å². The van der Waals surface area contributed by atoms with Gasteiger partial charge in [0.1, 0.15) is 0 Å². The van der Waals surface area contributed by atoms with Crippen molar-refractivity contribution in [2.45, 2.75) is 84.7 Å². The molecule has 0 fully saturated rings. The standard InChI is InChI=1S/C16H34O4/c1-14(2)8-7-10-15(3)9-5-4-6-11-16(20-18)12-13-19-17/h14-18H,4-13H2,1-3H3. The Morgan fingerprint density at radius 3 is 2.00 bits per heavy atom. The minimum absolute atomic E-state index is 0.206. The van der Waals surface area contributed by atoms with Gasteiger partial charge < -0.3 is 0 Å². The van der Waals surface area contributed by atoms with E-state index >= 15 is 0 Å². The van der Waals surface area contributed by atoms with E-state index in [4.69, 9.17) is 10.5 Å². The van der Waals surface area contributed by atoms with Crippen molar-refractivity contribution in [3.05, 3.63) is 0 Å². The average Bonchev–Trinajstić information content (AvgIpc) is 2.41. The quantitative estimate of drug-likeness (QED) is 0.264. The van der Waals surface area contributed by atoms with Crippen molar-refractivity contribution in [3.8, 4) is 0 Å². The molecule has 0 aliphatic heterocycles. The van der Waals surface area contributed by atoms with Crippen LogP contribution in [0.15, 0.2) is 0 Å². The first-order valence-corrected chi connectivity index (χ1v) is 8.16. The highest BCUT2D eigenvalue weighted by atomic mass is 17.1. The van der Waals surface area contributed by atoms with Crippen molar-refractivity contribution in [3.63, 3.8) is 0 Å². The van der Waals surface area contributed by atoms with Gasteiger partial charge in [-0.1, -0.05) is 65.7 Å². The number of rotatable bonds is 14. The summed E-state index contributed by atoms with van der Waals surface area (Å²) in [5.41, 5.74) is 0. The summed E-state index contributed by atoms with van der Waals surface area (Å²) in [6, 6.07) is 0. The summed E-state index contributed by atoms with van der Waals surface area (Å²) in [6.07, 6.45) is 9.93. The van der Waals surface area contributed by atoms with Crippen LogP contribution in [0, 0.1) is 11.8 Å². The molecule has 0 rings (SSSR count). The van der Waals surface area contributed by atoms with E-state index in [9.17, 15) is 0 Å². The Morgan fingerprint density at radius 1 is 0.750 bits per heavy atom. The fourth-order valence-corrected chi connectivity index (χ4v) is 2.49. The first-order chi connectivity index (χ1) is 9.60. The van der Waals surface area contributed by atoms with Crippen LogP contribution in [0.5, 0.6) is 0 Å². The maximum atomic E-state index is 8.70. The van der Waals surface area contributed by atoms with E-state index in [1.54, 1.807) is 0 Å². The summed E-state index contributed by atoms with van der Waals surface area (Å²) >= 11 is 0. The molecule has 0 aromatic rings. The van der Waals surface area contributed by atoms with E-state index < -0.39 is 0 Å². The van der Waals surface area contributed by atoms with E-state index in [-0.39, 0.29) is 12.7 Å². The minimum Gasteiger partial charge on any atom is -0.252 e. The Labute approximate surface area is 124 Å². The summed E-state index contributed by atoms with van der Waals surface area (Å²) in [5, 5.41) is 17.0. The molecule has 0 aliphatic rings. The normalized spacial score (nSPS) is 14.7. The van der Waals surface area contributed by atoms with Gasteiger partial charge in [0.25, 0.3) is 0 Å². The molecule has 0 aromatic carbocycles. The summed E-state index contributed by atoms with van der Waals surface area (Å²) < 4.78 is 0. The Morgan fingerprint density at radius 2 is 1.40 bits per heavy atom. The molecule has 0 heterocycles. The van der Waals surface area contributed by atoms with Crippen LogP contribution in [-0.2, 0) is 9.78 Å². The molecule has 0 aliphatic carbocycles. The SMILES string of the molecule is CC(C)CCCC(C)CCCCCC(CCOO)OO. The van der Waals surface area contributed by atoms with Crippen molar-refractivity contribution in [1.29, 1.82) is 0 Å². The molecular weight excluding hydrogens is 256 g/mol. The Bertz CT molecular complexity index is 197. The van der Waals surface area contributed by atoms with Gasteiger partial charge in [-0.15, -0.1) is 0 Å². The molecule has 2 N–H and O–H groups in total. The molecule has 4 nitrogen and oxygen atoms in total. The van der Waals surface area contributed by atoms with Crippen molar-refractivity contribution in [1.82, 2.24) is 0 Å². The van der Waals surface area contributed by atoms with Gasteiger partial charge >= 0.3 is 0 Å². The maximum absolute atomic E-state index is 8.70. The van der Waals surface area contributed by atoms with E-state index in [1.165, 1.54) is 38.5 Å². The molecule has 0 spiro atoms. The van der Waals surface area contributed by atoms with Gasteiger partial charge in [-0.2, -0.15) is 0 Å². The molecule has 0 aromatic heterocycles. The van der Waals surface area contributed by atoms with Crippen LogP contribution in [0.1, 0.15) is 78.6 Å². The van der Waals surface area contributed by atoms with Crippen LogP contribution in [0.25, 0.3) is 0 Å². The van der Waals surface area contributed by atoms with Crippen molar-refractivity contribution >= 4 is 0 Å². The molecule has 20 heavy (non-hydrogen) atoms. The zero-order valence-electron chi connectivity index (χ0n) is 13.5. The van der Waals surface area contributed by atoms with Gasteiger partial charge in [0.05, 0.1) is 12.7 Å². The predicted octanol–water partition coefficient (Wildman–Crippen LogP) is 5.14. The highest BCUT2D eigenvalue weighted by Gasteiger charge is 2.09. The third kappa shape index (κ3) is 12.9. The van der Waals surface area contributed by atoms with Crippen LogP contribution in [-0.4, -0.2) is 23.2 Å². The van der Waals surface area contributed by atoms with E-state index in [0.717, 1.165) is 24.7 Å². The molecule has 2 unspecified atom stereocenters. The van der Waals surface area contributed by atoms with Gasteiger partial charge in [-0.3, -0.25) is 10.5 Å². The van der Waals surface area contributed by atoms with E-state index in [1.807, 2.05) is 0 Å².